The van der Waals surface area contributed by atoms with Crippen molar-refractivity contribution in [3.63, 3.8) is 0 Å². The quantitative estimate of drug-likeness (QED) is 0.589. The second kappa shape index (κ2) is 9.26. The summed E-state index contributed by atoms with van der Waals surface area (Å²) in [6.45, 7) is 3.67. The molecule has 0 bridgehead atoms. The summed E-state index contributed by atoms with van der Waals surface area (Å²) < 4.78 is 52.0. The first-order chi connectivity index (χ1) is 13.2. The van der Waals surface area contributed by atoms with Crippen LogP contribution in [0.1, 0.15) is 35.8 Å². The molecule has 0 radical (unpaired) electrons. The number of nitrogens with one attached hydrogen (secondary N) is 2. The lowest BCUT2D eigenvalue weighted by molar-refractivity contribution is 0.0947. The first-order valence-corrected chi connectivity index (χ1v) is 12.2. The van der Waals surface area contributed by atoms with Gasteiger partial charge in [-0.05, 0) is 44.0 Å². The molecule has 1 heterocycles. The van der Waals surface area contributed by atoms with Crippen LogP contribution in [0, 0.1) is 6.92 Å². The number of nitrogens with zero attached hydrogens (tertiary/aromatic N) is 1. The van der Waals surface area contributed by atoms with Crippen LogP contribution in [0.25, 0.3) is 0 Å². The summed E-state index contributed by atoms with van der Waals surface area (Å²) >= 11 is 0. The molecule has 152 valence electrons. The minimum atomic E-state index is -4.64. The lowest BCUT2D eigenvalue weighted by Gasteiger charge is -2.17. The Morgan fingerprint density at radius 3 is 2.32 bits per heavy atom. The van der Waals surface area contributed by atoms with E-state index in [1.165, 1.54) is 30.5 Å². The fourth-order valence-electron chi connectivity index (χ4n) is 2.39. The van der Waals surface area contributed by atoms with Gasteiger partial charge in [-0.25, -0.2) is 8.42 Å². The van der Waals surface area contributed by atoms with E-state index in [0.717, 1.165) is 5.56 Å². The minimum Gasteiger partial charge on any atom is -0.351 e. The molecule has 0 fully saturated rings. The largest absolute Gasteiger partial charge is 0.351 e. The number of carbonyl (C=O) groups excluding carboxylic acids is 1. The highest BCUT2D eigenvalue weighted by molar-refractivity contribution is 8.66. The Balaban J connectivity index is 2.00. The lowest BCUT2D eigenvalue weighted by atomic mass is 10.2. The first-order valence-electron chi connectivity index (χ1n) is 8.70. The standard InChI is InChI=1S/C18H23N3O5S2/c1-3-15(11-13-20-18(22)17-6-4-5-12-19-17)21-28(25,26)27(23,24)16-9-7-14(2)8-10-16/h4-10,12,15,21H,3,11,13H2,1-2H3,(H,20,22). The van der Waals surface area contributed by atoms with Crippen molar-refractivity contribution >= 4 is 23.8 Å². The van der Waals surface area contributed by atoms with Crippen LogP contribution in [-0.2, 0) is 17.9 Å². The van der Waals surface area contributed by atoms with E-state index in [2.05, 4.69) is 15.0 Å². The smallest absolute Gasteiger partial charge is 0.322 e. The van der Waals surface area contributed by atoms with E-state index < -0.39 is 24.0 Å². The molecule has 2 aromatic rings. The van der Waals surface area contributed by atoms with Crippen LogP contribution in [0.4, 0.5) is 0 Å². The van der Waals surface area contributed by atoms with Crippen LogP contribution in [0.15, 0.2) is 53.6 Å². The summed E-state index contributed by atoms with van der Waals surface area (Å²) in [4.78, 5) is 15.6. The second-order valence-electron chi connectivity index (χ2n) is 6.20. The van der Waals surface area contributed by atoms with E-state index in [-0.39, 0.29) is 29.5 Å². The van der Waals surface area contributed by atoms with Crippen LogP contribution in [0.3, 0.4) is 0 Å². The van der Waals surface area contributed by atoms with Gasteiger partial charge in [-0.2, -0.15) is 13.1 Å². The summed E-state index contributed by atoms with van der Waals surface area (Å²) in [6.07, 6.45) is 2.09. The van der Waals surface area contributed by atoms with E-state index in [1.807, 2.05) is 0 Å². The molecule has 1 amide bonds. The van der Waals surface area contributed by atoms with Crippen molar-refractivity contribution in [3.8, 4) is 0 Å². The molecule has 2 rings (SSSR count). The Bertz CT molecular complexity index is 1000. The predicted molar refractivity (Wildman–Crippen MR) is 106 cm³/mol. The fourth-order valence-corrected chi connectivity index (χ4v) is 5.82. The summed E-state index contributed by atoms with van der Waals surface area (Å²) in [7, 11) is -9.22. The molecule has 2 N–H and O–H groups in total. The van der Waals surface area contributed by atoms with Crippen LogP contribution < -0.4 is 10.0 Å². The SMILES string of the molecule is CCC(CCNC(=O)c1ccccn1)NS(=O)(=O)S(=O)(=O)c1ccc(C)cc1. The first kappa shape index (κ1) is 22.0. The van der Waals surface area contributed by atoms with Crippen LogP contribution in [-0.4, -0.2) is 40.3 Å². The van der Waals surface area contributed by atoms with Gasteiger partial charge in [-0.1, -0.05) is 30.7 Å². The van der Waals surface area contributed by atoms with Crippen molar-refractivity contribution in [1.29, 1.82) is 0 Å². The number of pyridine rings is 1. The monoisotopic (exact) mass is 425 g/mol. The summed E-state index contributed by atoms with van der Waals surface area (Å²) in [5, 5.41) is 2.64. The van der Waals surface area contributed by atoms with E-state index in [4.69, 9.17) is 0 Å². The Morgan fingerprint density at radius 1 is 1.07 bits per heavy atom. The van der Waals surface area contributed by atoms with Gasteiger partial charge in [-0.15, -0.1) is 0 Å². The molecule has 1 aromatic carbocycles. The van der Waals surface area contributed by atoms with Crippen molar-refractivity contribution < 1.29 is 21.6 Å². The molecule has 0 saturated heterocycles. The van der Waals surface area contributed by atoms with Gasteiger partial charge in [0.25, 0.3) is 14.8 Å². The van der Waals surface area contributed by atoms with Gasteiger partial charge in [0.1, 0.15) is 5.69 Å². The van der Waals surface area contributed by atoms with Crippen molar-refractivity contribution in [2.75, 3.05) is 6.54 Å². The van der Waals surface area contributed by atoms with Gasteiger partial charge >= 0.3 is 9.06 Å². The van der Waals surface area contributed by atoms with E-state index in [1.54, 1.807) is 32.0 Å². The van der Waals surface area contributed by atoms with Crippen LogP contribution >= 0.6 is 0 Å². The molecule has 28 heavy (non-hydrogen) atoms. The summed E-state index contributed by atoms with van der Waals surface area (Å²) in [5.41, 5.74) is 1.07. The maximum atomic E-state index is 12.5. The van der Waals surface area contributed by atoms with Gasteiger partial charge in [0.15, 0.2) is 0 Å². The molecule has 0 saturated carbocycles. The predicted octanol–water partition coefficient (Wildman–Crippen LogP) is 1.60. The Labute approximate surface area is 164 Å². The topological polar surface area (TPSA) is 122 Å². The number of rotatable bonds is 9. The lowest BCUT2D eigenvalue weighted by Crippen LogP contribution is -2.40. The number of aromatic nitrogens is 1. The molecular weight excluding hydrogens is 402 g/mol. The third-order valence-electron chi connectivity index (χ3n) is 4.08. The Kier molecular flexibility index (Phi) is 7.28. The highest BCUT2D eigenvalue weighted by Crippen LogP contribution is 2.18. The van der Waals surface area contributed by atoms with Crippen molar-refractivity contribution in [2.24, 2.45) is 0 Å². The van der Waals surface area contributed by atoms with Crippen molar-refractivity contribution in [3.05, 3.63) is 59.9 Å². The second-order valence-corrected chi connectivity index (χ2v) is 11.4. The highest BCUT2D eigenvalue weighted by Gasteiger charge is 2.33. The van der Waals surface area contributed by atoms with Crippen LogP contribution in [0.5, 0.6) is 0 Å². The van der Waals surface area contributed by atoms with Gasteiger partial charge in [0, 0.05) is 18.8 Å². The number of hydrogen-bond donors (Lipinski definition) is 2. The molecule has 10 heteroatoms. The minimum absolute atomic E-state index is 0.168. The Hall–Kier alpha value is -2.30. The highest BCUT2D eigenvalue weighted by atomic mass is 33.2. The third-order valence-corrected chi connectivity index (χ3v) is 8.73. The number of aryl methyl sites for hydroxylation is 1. The van der Waals surface area contributed by atoms with Gasteiger partial charge in [-0.3, -0.25) is 9.78 Å². The zero-order chi connectivity index (χ0) is 20.8. The maximum Gasteiger partial charge on any atom is 0.322 e. The van der Waals surface area contributed by atoms with Crippen LogP contribution in [0.2, 0.25) is 0 Å². The molecule has 1 atom stereocenters. The number of carbonyl (C=O) groups is 1. The molecule has 8 nitrogen and oxygen atoms in total. The van der Waals surface area contributed by atoms with Crippen molar-refractivity contribution in [1.82, 2.24) is 15.0 Å². The summed E-state index contributed by atoms with van der Waals surface area (Å²) in [6, 6.07) is 9.88. The van der Waals surface area contributed by atoms with Gasteiger partial charge in [0.2, 0.25) is 0 Å². The zero-order valence-corrected chi connectivity index (χ0v) is 17.3. The fraction of sp³-hybridized carbons (Fsp3) is 0.333. The average molecular weight is 426 g/mol. The van der Waals surface area contributed by atoms with E-state index in [0.29, 0.717) is 6.42 Å². The molecule has 0 aliphatic rings. The Morgan fingerprint density at radius 2 is 1.75 bits per heavy atom. The normalized spacial score (nSPS) is 13.1. The molecule has 0 aliphatic carbocycles. The molecule has 0 aliphatic heterocycles. The average Bonchev–Trinajstić information content (AvgIpc) is 2.67. The van der Waals surface area contributed by atoms with E-state index in [9.17, 15) is 21.6 Å². The number of hydrogen-bond acceptors (Lipinski definition) is 6. The molecule has 1 unspecified atom stereocenters. The van der Waals surface area contributed by atoms with Gasteiger partial charge < -0.3 is 5.32 Å². The summed E-state index contributed by atoms with van der Waals surface area (Å²) in [5.74, 6) is -0.384. The number of benzene rings is 1. The number of amides is 1. The third kappa shape index (κ3) is 5.37. The maximum absolute atomic E-state index is 12.5. The van der Waals surface area contributed by atoms with E-state index >= 15 is 0 Å². The molecular formula is C18H23N3O5S2. The van der Waals surface area contributed by atoms with Gasteiger partial charge in [0.05, 0.1) is 4.90 Å². The zero-order valence-electron chi connectivity index (χ0n) is 15.6. The van der Waals surface area contributed by atoms with Crippen molar-refractivity contribution in [2.45, 2.75) is 37.6 Å². The molecule has 0 spiro atoms. The molecule has 1 aromatic heterocycles.